The number of methoxy groups -OCH3 is 1. The lowest BCUT2D eigenvalue weighted by Crippen LogP contribution is -1.76. The number of fused-ring (bicyclic) bond motifs is 1. The van der Waals surface area contributed by atoms with Crippen molar-refractivity contribution in [2.24, 2.45) is 0 Å². The van der Waals surface area contributed by atoms with Crippen molar-refractivity contribution in [1.29, 1.82) is 0 Å². The normalized spacial score (nSPS) is 10.7. The minimum atomic E-state index is 0.208. The summed E-state index contributed by atoms with van der Waals surface area (Å²) in [7, 11) is 1.55. The van der Waals surface area contributed by atoms with Gasteiger partial charge in [-0.05, 0) is 11.6 Å². The van der Waals surface area contributed by atoms with Crippen LogP contribution in [0.2, 0.25) is 0 Å². The van der Waals surface area contributed by atoms with Gasteiger partial charge in [-0.3, -0.25) is 0 Å². The third-order valence-corrected chi connectivity index (χ3v) is 3.59. The molecular formula is C10H9ClO2S. The summed E-state index contributed by atoms with van der Waals surface area (Å²) in [4.78, 5) is 0. The van der Waals surface area contributed by atoms with E-state index in [9.17, 15) is 5.11 Å². The first-order chi connectivity index (χ1) is 6.77. The third-order valence-electron chi connectivity index (χ3n) is 2.07. The molecule has 0 saturated heterocycles. The van der Waals surface area contributed by atoms with Gasteiger partial charge in [-0.1, -0.05) is 23.5 Å². The molecular weight excluding hydrogens is 220 g/mol. The Balaban J connectivity index is 2.77. The first kappa shape index (κ1) is 9.62. The summed E-state index contributed by atoms with van der Waals surface area (Å²) in [6.45, 7) is 0. The molecule has 74 valence electrons. The molecule has 0 aliphatic rings. The number of hydrogen-bond donors (Lipinski definition) is 1. The highest BCUT2D eigenvalue weighted by Crippen LogP contribution is 2.44. The number of aromatic hydroxyl groups is 1. The highest BCUT2D eigenvalue weighted by Gasteiger charge is 2.13. The topological polar surface area (TPSA) is 29.5 Å². The molecule has 0 spiro atoms. The first-order valence-corrected chi connectivity index (χ1v) is 5.46. The van der Waals surface area contributed by atoms with Gasteiger partial charge in [0.2, 0.25) is 5.06 Å². The molecule has 1 N–H and O–H groups in total. The van der Waals surface area contributed by atoms with Crippen molar-refractivity contribution in [1.82, 2.24) is 0 Å². The number of thiophene rings is 1. The summed E-state index contributed by atoms with van der Waals surface area (Å²) in [5, 5.41) is 11.1. The summed E-state index contributed by atoms with van der Waals surface area (Å²) >= 11 is 7.21. The number of benzene rings is 1. The third kappa shape index (κ3) is 1.33. The van der Waals surface area contributed by atoms with Gasteiger partial charge in [0.05, 0.1) is 7.11 Å². The van der Waals surface area contributed by atoms with Crippen molar-refractivity contribution in [3.63, 3.8) is 0 Å². The van der Waals surface area contributed by atoms with E-state index in [1.54, 1.807) is 7.11 Å². The predicted molar refractivity (Wildman–Crippen MR) is 59.6 cm³/mol. The molecule has 0 saturated carbocycles. The van der Waals surface area contributed by atoms with E-state index in [2.05, 4.69) is 0 Å². The monoisotopic (exact) mass is 228 g/mol. The van der Waals surface area contributed by atoms with Crippen LogP contribution in [0.5, 0.6) is 10.8 Å². The lowest BCUT2D eigenvalue weighted by Gasteiger charge is -1.95. The molecule has 2 nitrogen and oxygen atoms in total. The molecule has 0 radical (unpaired) electrons. The van der Waals surface area contributed by atoms with E-state index in [4.69, 9.17) is 16.3 Å². The highest BCUT2D eigenvalue weighted by molar-refractivity contribution is 7.21. The van der Waals surface area contributed by atoms with Crippen LogP contribution in [0.15, 0.2) is 18.2 Å². The number of alkyl halides is 1. The molecule has 2 aromatic rings. The summed E-state index contributed by atoms with van der Waals surface area (Å²) < 4.78 is 6.05. The lowest BCUT2D eigenvalue weighted by molar-refractivity contribution is 0.388. The number of rotatable bonds is 2. The number of ether oxygens (including phenoxy) is 1. The molecule has 0 aliphatic heterocycles. The van der Waals surface area contributed by atoms with Gasteiger partial charge in [0, 0.05) is 16.0 Å². The second-order valence-corrected chi connectivity index (χ2v) is 4.12. The smallest absolute Gasteiger partial charge is 0.217 e. The molecule has 1 heterocycles. The van der Waals surface area contributed by atoms with Crippen LogP contribution in [0.3, 0.4) is 0 Å². The molecule has 0 amide bonds. The maximum absolute atomic E-state index is 9.75. The molecule has 0 unspecified atom stereocenters. The molecule has 14 heavy (non-hydrogen) atoms. The predicted octanol–water partition coefficient (Wildman–Crippen LogP) is 3.35. The Morgan fingerprint density at radius 2 is 2.29 bits per heavy atom. The zero-order valence-electron chi connectivity index (χ0n) is 7.58. The van der Waals surface area contributed by atoms with Crippen LogP contribution in [-0.2, 0) is 5.88 Å². The Morgan fingerprint density at radius 3 is 2.93 bits per heavy atom. The van der Waals surface area contributed by atoms with Crippen LogP contribution in [0, 0.1) is 0 Å². The summed E-state index contributed by atoms with van der Waals surface area (Å²) in [6, 6.07) is 5.69. The van der Waals surface area contributed by atoms with Gasteiger partial charge in [-0.25, -0.2) is 0 Å². The summed E-state index contributed by atoms with van der Waals surface area (Å²) in [6.07, 6.45) is 0. The molecule has 0 fully saturated rings. The Bertz CT molecular complexity index is 464. The van der Waals surface area contributed by atoms with E-state index in [0.717, 1.165) is 15.6 Å². The van der Waals surface area contributed by atoms with Crippen molar-refractivity contribution in [3.05, 3.63) is 23.8 Å². The van der Waals surface area contributed by atoms with Gasteiger partial charge >= 0.3 is 0 Å². The average molecular weight is 229 g/mol. The van der Waals surface area contributed by atoms with Gasteiger partial charge in [0.15, 0.2) is 5.75 Å². The standard InChI is InChI=1S/C10H9ClO2S/c1-13-10-8(12)7-4-2-3-6(5-11)9(7)14-10/h2-4,12H,5H2,1H3. The second kappa shape index (κ2) is 3.67. The molecule has 0 atom stereocenters. The van der Waals surface area contributed by atoms with Gasteiger partial charge in [-0.2, -0.15) is 0 Å². The van der Waals surface area contributed by atoms with E-state index in [1.807, 2.05) is 18.2 Å². The van der Waals surface area contributed by atoms with Crippen LogP contribution in [-0.4, -0.2) is 12.2 Å². The highest BCUT2D eigenvalue weighted by atomic mass is 35.5. The van der Waals surface area contributed by atoms with Gasteiger partial charge in [0.1, 0.15) is 0 Å². The molecule has 2 rings (SSSR count). The average Bonchev–Trinajstić information content (AvgIpc) is 2.55. The molecule has 4 heteroatoms. The van der Waals surface area contributed by atoms with Crippen LogP contribution >= 0.6 is 22.9 Å². The lowest BCUT2D eigenvalue weighted by atomic mass is 10.2. The Labute approximate surface area is 90.7 Å². The minimum absolute atomic E-state index is 0.208. The van der Waals surface area contributed by atoms with Gasteiger partial charge in [-0.15, -0.1) is 11.6 Å². The van der Waals surface area contributed by atoms with Crippen molar-refractivity contribution in [2.75, 3.05) is 7.11 Å². The molecule has 0 bridgehead atoms. The van der Waals surface area contributed by atoms with Crippen LogP contribution in [0.4, 0.5) is 0 Å². The van der Waals surface area contributed by atoms with Gasteiger partial charge in [0.25, 0.3) is 0 Å². The fourth-order valence-corrected chi connectivity index (χ4v) is 2.71. The first-order valence-electron chi connectivity index (χ1n) is 4.11. The zero-order valence-corrected chi connectivity index (χ0v) is 9.15. The van der Waals surface area contributed by atoms with Gasteiger partial charge < -0.3 is 9.84 Å². The fourth-order valence-electron chi connectivity index (χ4n) is 1.39. The summed E-state index contributed by atoms with van der Waals surface area (Å²) in [5.74, 6) is 0.653. The van der Waals surface area contributed by atoms with Crippen LogP contribution in [0.1, 0.15) is 5.56 Å². The van der Waals surface area contributed by atoms with E-state index in [1.165, 1.54) is 11.3 Å². The Hall–Kier alpha value is -0.930. The number of halogens is 1. The molecule has 1 aromatic heterocycles. The maximum atomic E-state index is 9.75. The Morgan fingerprint density at radius 1 is 1.50 bits per heavy atom. The van der Waals surface area contributed by atoms with E-state index < -0.39 is 0 Å². The van der Waals surface area contributed by atoms with E-state index in [0.29, 0.717) is 10.9 Å². The zero-order chi connectivity index (χ0) is 10.1. The van der Waals surface area contributed by atoms with Crippen molar-refractivity contribution in [2.45, 2.75) is 5.88 Å². The molecule has 1 aromatic carbocycles. The van der Waals surface area contributed by atoms with E-state index >= 15 is 0 Å². The second-order valence-electron chi connectivity index (χ2n) is 2.87. The van der Waals surface area contributed by atoms with Crippen LogP contribution < -0.4 is 4.74 Å². The molecule has 0 aliphatic carbocycles. The Kier molecular flexibility index (Phi) is 2.52. The van der Waals surface area contributed by atoms with Crippen LogP contribution in [0.25, 0.3) is 10.1 Å². The quantitative estimate of drug-likeness (QED) is 0.799. The fraction of sp³-hybridized carbons (Fsp3) is 0.200. The van der Waals surface area contributed by atoms with Crippen molar-refractivity contribution >= 4 is 33.0 Å². The maximum Gasteiger partial charge on any atom is 0.217 e. The number of hydrogen-bond acceptors (Lipinski definition) is 3. The van der Waals surface area contributed by atoms with Crippen molar-refractivity contribution < 1.29 is 9.84 Å². The van der Waals surface area contributed by atoms with Crippen molar-refractivity contribution in [3.8, 4) is 10.8 Å². The minimum Gasteiger partial charge on any atom is -0.503 e. The summed E-state index contributed by atoms with van der Waals surface area (Å²) in [5.41, 5.74) is 1.02. The largest absolute Gasteiger partial charge is 0.503 e. The van der Waals surface area contributed by atoms with E-state index in [-0.39, 0.29) is 5.75 Å². The SMILES string of the molecule is COc1sc2c(CCl)cccc2c1O.